The molecule has 1 unspecified atom stereocenters. The fraction of sp³-hybridized carbons (Fsp3) is 0.375. The Morgan fingerprint density at radius 1 is 1.11 bits per heavy atom. The van der Waals surface area contributed by atoms with Crippen molar-refractivity contribution in [1.29, 1.82) is 0 Å². The number of aromatic nitrogens is 2. The predicted octanol–water partition coefficient (Wildman–Crippen LogP) is 5.00. The number of hydrogen-bond acceptors (Lipinski definition) is 2. The van der Waals surface area contributed by atoms with Crippen molar-refractivity contribution < 1.29 is 35.5 Å². The van der Waals surface area contributed by atoms with Crippen LogP contribution < -0.4 is 5.32 Å². The van der Waals surface area contributed by atoms with Crippen LogP contribution in [0.4, 0.5) is 36.4 Å². The molecule has 0 radical (unpaired) electrons. The third kappa shape index (κ3) is 3.94. The summed E-state index contributed by atoms with van der Waals surface area (Å²) < 4.78 is 94.1. The maximum atomic E-state index is 13.9. The molecule has 12 heteroatoms. The molecule has 4 nitrogen and oxygen atoms in total. The van der Waals surface area contributed by atoms with E-state index in [1.54, 1.807) is 19.2 Å². The van der Waals surface area contributed by atoms with Gasteiger partial charge in [-0.2, -0.15) is 18.3 Å². The molecule has 1 atom stereocenters. The van der Waals surface area contributed by atoms with E-state index in [0.29, 0.717) is 16.4 Å². The number of rotatable bonds is 4. The predicted molar refractivity (Wildman–Crippen MR) is 85.8 cm³/mol. The average molecular weight is 432 g/mol. The minimum atomic E-state index is -5.67. The monoisotopic (exact) mass is 431 g/mol. The summed E-state index contributed by atoms with van der Waals surface area (Å²) in [5, 5.41) is 5.99. The topological polar surface area (TPSA) is 46.9 Å². The lowest BCUT2D eigenvalue weighted by atomic mass is 10.1. The Kier molecular flexibility index (Phi) is 5.98. The molecular weight excluding hydrogens is 419 g/mol. The molecule has 2 aromatic rings. The van der Waals surface area contributed by atoms with Crippen LogP contribution in [0.2, 0.25) is 5.02 Å². The van der Waals surface area contributed by atoms with Crippen molar-refractivity contribution in [2.24, 2.45) is 5.92 Å². The summed E-state index contributed by atoms with van der Waals surface area (Å²) in [7, 11) is 0. The third-order valence-corrected chi connectivity index (χ3v) is 4.53. The standard InChI is InChI=1S/C16H13ClF7N3O/c1-5(4-27-7(3)9(17)6(2)26-27)15(28)25-14-12(20)10(18)8(16(22,23)24)11(19)13(14)21/h5H,4H2,1-3H3,(H,25,28). The summed E-state index contributed by atoms with van der Waals surface area (Å²) >= 11 is 5.96. The maximum Gasteiger partial charge on any atom is 0.422 e. The SMILES string of the molecule is Cc1nn(CC(C)C(=O)Nc2c(F)c(F)c(C(F)(F)F)c(F)c2F)c(C)c1Cl. The number of carbonyl (C=O) groups excluding carboxylic acids is 1. The van der Waals surface area contributed by atoms with Gasteiger partial charge in [0, 0.05) is 0 Å². The molecule has 1 heterocycles. The van der Waals surface area contributed by atoms with Gasteiger partial charge in [-0.1, -0.05) is 18.5 Å². The number of benzene rings is 1. The Labute approximate surface area is 159 Å². The van der Waals surface area contributed by atoms with E-state index in [1.807, 2.05) is 0 Å². The third-order valence-electron chi connectivity index (χ3n) is 3.98. The molecular formula is C16H13ClF7N3O. The maximum absolute atomic E-state index is 13.9. The minimum absolute atomic E-state index is 0.111. The zero-order valence-electron chi connectivity index (χ0n) is 14.6. The average Bonchev–Trinajstić information content (AvgIpc) is 2.82. The number of amides is 1. The molecule has 0 aliphatic heterocycles. The Morgan fingerprint density at radius 3 is 2.00 bits per heavy atom. The van der Waals surface area contributed by atoms with Gasteiger partial charge in [0.2, 0.25) is 5.91 Å². The molecule has 2 rings (SSSR count). The highest BCUT2D eigenvalue weighted by atomic mass is 35.5. The molecule has 154 valence electrons. The van der Waals surface area contributed by atoms with Gasteiger partial charge in [-0.25, -0.2) is 17.6 Å². The van der Waals surface area contributed by atoms with Crippen LogP contribution in [0.15, 0.2) is 0 Å². The zero-order valence-corrected chi connectivity index (χ0v) is 15.4. The van der Waals surface area contributed by atoms with Crippen molar-refractivity contribution in [3.8, 4) is 0 Å². The summed E-state index contributed by atoms with van der Waals surface area (Å²) in [6.07, 6.45) is -5.67. The molecule has 0 aliphatic carbocycles. The largest absolute Gasteiger partial charge is 0.422 e. The summed E-state index contributed by atoms with van der Waals surface area (Å²) in [6, 6.07) is 0. The summed E-state index contributed by atoms with van der Waals surface area (Å²) in [4.78, 5) is 12.1. The molecule has 1 N–H and O–H groups in total. The van der Waals surface area contributed by atoms with Crippen molar-refractivity contribution in [2.75, 3.05) is 5.32 Å². The summed E-state index contributed by atoms with van der Waals surface area (Å²) in [5.41, 5.74) is -3.39. The number of hydrogen-bond donors (Lipinski definition) is 1. The Morgan fingerprint density at radius 2 is 1.61 bits per heavy atom. The molecule has 28 heavy (non-hydrogen) atoms. The van der Waals surface area contributed by atoms with Crippen molar-refractivity contribution in [3.05, 3.63) is 45.2 Å². The molecule has 1 aromatic heterocycles. The normalized spacial score (nSPS) is 13.0. The van der Waals surface area contributed by atoms with E-state index < -0.39 is 52.5 Å². The highest BCUT2D eigenvalue weighted by Crippen LogP contribution is 2.38. The van der Waals surface area contributed by atoms with E-state index >= 15 is 0 Å². The second kappa shape index (κ2) is 7.61. The van der Waals surface area contributed by atoms with Crippen molar-refractivity contribution in [2.45, 2.75) is 33.5 Å². The minimum Gasteiger partial charge on any atom is -0.321 e. The lowest BCUT2D eigenvalue weighted by molar-refractivity contribution is -0.143. The number of alkyl halides is 3. The van der Waals surface area contributed by atoms with Gasteiger partial charge in [0.1, 0.15) is 11.3 Å². The van der Waals surface area contributed by atoms with Gasteiger partial charge >= 0.3 is 6.18 Å². The van der Waals surface area contributed by atoms with Crippen LogP contribution in [-0.4, -0.2) is 15.7 Å². The Balaban J connectivity index is 2.32. The van der Waals surface area contributed by atoms with Crippen LogP contribution in [-0.2, 0) is 17.5 Å². The van der Waals surface area contributed by atoms with Gasteiger partial charge in [0.05, 0.1) is 28.9 Å². The van der Waals surface area contributed by atoms with E-state index in [1.165, 1.54) is 11.6 Å². The first-order valence-corrected chi connectivity index (χ1v) is 8.08. The number of nitrogens with one attached hydrogen (secondary N) is 1. The number of aryl methyl sites for hydroxylation is 1. The van der Waals surface area contributed by atoms with Crippen LogP contribution in [0.5, 0.6) is 0 Å². The van der Waals surface area contributed by atoms with E-state index in [4.69, 9.17) is 11.6 Å². The van der Waals surface area contributed by atoms with Crippen molar-refractivity contribution in [1.82, 2.24) is 9.78 Å². The molecule has 1 aromatic carbocycles. The fourth-order valence-corrected chi connectivity index (χ4v) is 2.57. The van der Waals surface area contributed by atoms with Gasteiger partial charge in [0.25, 0.3) is 0 Å². The first-order chi connectivity index (χ1) is 12.8. The van der Waals surface area contributed by atoms with Gasteiger partial charge in [-0.3, -0.25) is 9.48 Å². The molecule has 0 bridgehead atoms. The fourth-order valence-electron chi connectivity index (χ4n) is 2.43. The Hall–Kier alpha value is -2.30. The van der Waals surface area contributed by atoms with Crippen molar-refractivity contribution in [3.63, 3.8) is 0 Å². The highest BCUT2D eigenvalue weighted by Gasteiger charge is 2.42. The molecule has 0 saturated carbocycles. The Bertz CT molecular complexity index is 911. The lowest BCUT2D eigenvalue weighted by Crippen LogP contribution is -2.27. The van der Waals surface area contributed by atoms with Crippen LogP contribution in [0.3, 0.4) is 0 Å². The summed E-state index contributed by atoms with van der Waals surface area (Å²) in [6.45, 7) is 4.41. The van der Waals surface area contributed by atoms with E-state index in [-0.39, 0.29) is 6.54 Å². The highest BCUT2D eigenvalue weighted by molar-refractivity contribution is 6.31. The molecule has 0 aliphatic rings. The first-order valence-electron chi connectivity index (χ1n) is 7.70. The second-order valence-corrected chi connectivity index (χ2v) is 6.44. The zero-order chi connectivity index (χ0) is 21.5. The number of nitrogens with zero attached hydrogens (tertiary/aromatic N) is 2. The van der Waals surface area contributed by atoms with E-state index in [2.05, 4.69) is 5.10 Å². The van der Waals surface area contributed by atoms with Crippen LogP contribution in [0.1, 0.15) is 23.9 Å². The van der Waals surface area contributed by atoms with Gasteiger partial charge in [0.15, 0.2) is 23.3 Å². The molecule has 0 spiro atoms. The number of halogens is 8. The first kappa shape index (κ1) is 22.0. The van der Waals surface area contributed by atoms with Crippen LogP contribution in [0.25, 0.3) is 0 Å². The van der Waals surface area contributed by atoms with Gasteiger partial charge in [-0.05, 0) is 13.8 Å². The van der Waals surface area contributed by atoms with E-state index in [0.717, 1.165) is 0 Å². The number of carbonyl (C=O) groups is 1. The van der Waals surface area contributed by atoms with Crippen LogP contribution in [0, 0.1) is 43.0 Å². The molecule has 1 amide bonds. The quantitative estimate of drug-likeness (QED) is 0.547. The molecule has 0 fully saturated rings. The van der Waals surface area contributed by atoms with E-state index in [9.17, 15) is 35.5 Å². The van der Waals surface area contributed by atoms with Gasteiger partial charge in [-0.15, -0.1) is 0 Å². The second-order valence-electron chi connectivity index (χ2n) is 6.06. The number of anilines is 1. The summed E-state index contributed by atoms with van der Waals surface area (Å²) in [5.74, 6) is -12.2. The van der Waals surface area contributed by atoms with Crippen LogP contribution >= 0.6 is 11.6 Å². The molecule has 0 saturated heterocycles. The van der Waals surface area contributed by atoms with Crippen molar-refractivity contribution >= 4 is 23.2 Å². The smallest absolute Gasteiger partial charge is 0.321 e. The van der Waals surface area contributed by atoms with Gasteiger partial charge < -0.3 is 5.32 Å². The lowest BCUT2D eigenvalue weighted by Gasteiger charge is -2.17.